The summed E-state index contributed by atoms with van der Waals surface area (Å²) in [6.07, 6.45) is 18.8. The fourth-order valence-electron chi connectivity index (χ4n) is 1.97. The SMILES string of the molecule is C.C.C.C.C.C.C.C.C.C.C.C.C.C.C.C.C.C.C.C.C.C.C.C.C.C.C.C.C.C.C.C.C.C.C.C.C.C.C.C.C.C.C.C.C.C=O.C=O.C=O.C=O.C=O.C=O.C=O.C=O.C=O.C=O.CCCCCN.CCCCCN.CCCCCN.CCCCCN.CCCCCN.N.N.N.N.N.N.N.N.N.N.O.O.O.O.O. The summed E-state index contributed by atoms with van der Waals surface area (Å²) >= 11 is 0. The molecular weight excluding hydrogens is 1410 g/mol. The Labute approximate surface area is 728 Å². The fraction of sp³-hybridized carbons (Fsp3) is 0.875. The topological polar surface area (TPSA) is 808 Å². The van der Waals surface area contributed by atoms with E-state index in [0.717, 1.165) is 32.7 Å². The molecular formula is C80H305N15O15. The van der Waals surface area contributed by atoms with Gasteiger partial charge in [-0.3, -0.25) is 0 Å². The van der Waals surface area contributed by atoms with E-state index in [1.54, 1.807) is 0 Å². The lowest BCUT2D eigenvalue weighted by Crippen LogP contribution is -1.96. The molecule has 0 aromatic rings. The van der Waals surface area contributed by atoms with Crippen molar-refractivity contribution in [3.8, 4) is 0 Å². The van der Waals surface area contributed by atoms with E-state index in [4.69, 9.17) is 76.6 Å². The van der Waals surface area contributed by atoms with Gasteiger partial charge in [0.15, 0.2) is 0 Å². The highest BCUT2D eigenvalue weighted by atomic mass is 16.1. The van der Waals surface area contributed by atoms with Crippen LogP contribution in [0.1, 0.15) is 465 Å². The van der Waals surface area contributed by atoms with Crippen LogP contribution < -0.4 is 90.2 Å². The fourth-order valence-corrected chi connectivity index (χ4v) is 1.97. The number of carbonyl (C=O) groups excluding carboxylic acids is 10. The predicted octanol–water partition coefficient (Wildman–Crippen LogP) is 29.9. The van der Waals surface area contributed by atoms with E-state index in [1.165, 1.54) is 96.3 Å². The average Bonchev–Trinajstić information content (AvgIpc) is 3.25. The number of unbranched alkanes of at least 4 members (excludes halogenated alkanes) is 10. The lowest BCUT2D eigenvalue weighted by atomic mass is 10.3. The van der Waals surface area contributed by atoms with Crippen molar-refractivity contribution < 1.29 is 75.3 Å². The number of hydrogen-bond acceptors (Lipinski definition) is 25. The molecule has 0 aliphatic heterocycles. The average molecular weight is 1720 g/mol. The highest BCUT2D eigenvalue weighted by molar-refractivity contribution is 5.12. The monoisotopic (exact) mass is 1720 g/mol. The van der Waals surface area contributed by atoms with Crippen LogP contribution >= 0.6 is 0 Å². The summed E-state index contributed by atoms with van der Waals surface area (Å²) in [7, 11) is 0. The molecule has 0 unspecified atom stereocenters. The zero-order valence-electron chi connectivity index (χ0n) is 42.8. The van der Waals surface area contributed by atoms with Gasteiger partial charge in [0, 0.05) is 0 Å². The van der Waals surface area contributed by atoms with Gasteiger partial charge in [0.2, 0.25) is 0 Å². The Morgan fingerprint density at radius 3 is 0.173 bits per heavy atom. The van der Waals surface area contributed by atoms with Crippen LogP contribution in [0, 0.1) is 0 Å². The Morgan fingerprint density at radius 2 is 0.164 bits per heavy atom. The molecule has 0 saturated carbocycles. The highest BCUT2D eigenvalue weighted by Crippen LogP contribution is 1.90. The maximum atomic E-state index is 8.00. The molecule has 0 atom stereocenters. The quantitative estimate of drug-likeness (QED) is 0.0677. The Bertz CT molecular complexity index is 318. The van der Waals surface area contributed by atoms with E-state index in [2.05, 4.69) is 34.6 Å². The van der Waals surface area contributed by atoms with E-state index in [-0.39, 0.29) is 423 Å². The third-order valence-corrected chi connectivity index (χ3v) is 4.04. The van der Waals surface area contributed by atoms with Crippen LogP contribution in [0.2, 0.25) is 0 Å². The summed E-state index contributed by atoms with van der Waals surface area (Å²) in [4.78, 5) is 80.0. The first-order valence-corrected chi connectivity index (χ1v) is 16.0. The highest BCUT2D eigenvalue weighted by Gasteiger charge is 1.77. The van der Waals surface area contributed by atoms with Gasteiger partial charge in [0.1, 0.15) is 67.9 Å². The molecule has 0 saturated heterocycles. The van der Waals surface area contributed by atoms with Crippen molar-refractivity contribution >= 4 is 67.9 Å². The van der Waals surface area contributed by atoms with Crippen molar-refractivity contribution in [3.05, 3.63) is 0 Å². The molecule has 0 fully saturated rings. The third-order valence-electron chi connectivity index (χ3n) is 4.04. The summed E-state index contributed by atoms with van der Waals surface area (Å²) in [5.74, 6) is 0. The van der Waals surface area contributed by atoms with Crippen molar-refractivity contribution in [2.45, 2.75) is 465 Å². The molecule has 30 heteroatoms. The number of nitrogens with two attached hydrogens (primary N) is 5. The first-order chi connectivity index (χ1) is 24.6. The van der Waals surface area contributed by atoms with Gasteiger partial charge in [-0.05, 0) is 64.8 Å². The summed E-state index contributed by atoms with van der Waals surface area (Å²) in [6, 6.07) is 0. The molecule has 0 spiro atoms. The van der Waals surface area contributed by atoms with Gasteiger partial charge in [-0.2, -0.15) is 0 Å². The van der Waals surface area contributed by atoms with Gasteiger partial charge in [-0.25, -0.2) is 0 Å². The predicted molar refractivity (Wildman–Crippen MR) is 585 cm³/mol. The van der Waals surface area contributed by atoms with Gasteiger partial charge in [-0.15, -0.1) is 0 Å². The minimum absolute atomic E-state index is 0. The number of hydrogen-bond donors (Lipinski definition) is 15. The molecule has 50 N–H and O–H groups in total. The van der Waals surface area contributed by atoms with Crippen LogP contribution in [-0.2, 0) is 47.9 Å². The second-order valence-corrected chi connectivity index (χ2v) is 7.48. The zero-order chi connectivity index (χ0) is 44.1. The minimum atomic E-state index is 0. The maximum absolute atomic E-state index is 8.00. The Morgan fingerprint density at radius 1 is 0.127 bits per heavy atom. The number of rotatable bonds is 15. The van der Waals surface area contributed by atoms with Crippen LogP contribution in [0.25, 0.3) is 0 Å². The van der Waals surface area contributed by atoms with Crippen LogP contribution in [0.15, 0.2) is 0 Å². The van der Waals surface area contributed by atoms with E-state index in [9.17, 15) is 0 Å². The molecule has 0 amide bonds. The molecule has 0 rings (SSSR count). The summed E-state index contributed by atoms with van der Waals surface area (Å²) in [5, 5.41) is 0. The molecule has 30 nitrogen and oxygen atoms in total. The van der Waals surface area contributed by atoms with E-state index >= 15 is 0 Å². The van der Waals surface area contributed by atoms with Crippen LogP contribution in [0.3, 0.4) is 0 Å². The van der Waals surface area contributed by atoms with Gasteiger partial charge < -0.3 is 166 Å². The summed E-state index contributed by atoms with van der Waals surface area (Å²) in [6.45, 7) is 35.2. The first kappa shape index (κ1) is 1220. The van der Waals surface area contributed by atoms with E-state index < -0.39 is 0 Å². The standard InChI is InChI=1S/5C5H13N.10CH2O.45CH4.10H3N.5H2O/c5*1-2-3-4-5-6;10*1-2;;;;;;;;;;;;;;;;;;;;;;;;;;;;;;;;;;;;;;;;;;;;;;;;;;;;;;;;;;;;/h5*2-6H2,1H3;10*1H2;45*1H4;10*1H3;5*1H2. The van der Waals surface area contributed by atoms with Crippen molar-refractivity contribution in [2.24, 2.45) is 28.7 Å². The molecule has 0 heterocycles. The van der Waals surface area contributed by atoms with Crippen LogP contribution in [-0.4, -0.2) is 128 Å². The molecule has 0 aliphatic rings. The Hall–Kier alpha value is -4.10. The second-order valence-electron chi connectivity index (χ2n) is 7.48. The van der Waals surface area contributed by atoms with Gasteiger partial charge in [0.25, 0.3) is 0 Å². The van der Waals surface area contributed by atoms with Crippen LogP contribution in [0.5, 0.6) is 0 Å². The first-order valence-electron chi connectivity index (χ1n) is 16.0. The molecule has 790 valence electrons. The third kappa shape index (κ3) is 9260. The Balaban J connectivity index is -0.00000000160. The van der Waals surface area contributed by atoms with E-state index in [0.29, 0.717) is 0 Å². The van der Waals surface area contributed by atoms with E-state index in [1.807, 2.05) is 67.9 Å². The van der Waals surface area contributed by atoms with Crippen LogP contribution in [0.4, 0.5) is 0 Å². The summed E-state index contributed by atoms with van der Waals surface area (Å²) < 4.78 is 0. The zero-order valence-corrected chi connectivity index (χ0v) is 42.8. The summed E-state index contributed by atoms with van der Waals surface area (Å²) in [5.41, 5.74) is 26.1. The largest absolute Gasteiger partial charge is 0.412 e. The van der Waals surface area contributed by atoms with Gasteiger partial charge >= 0.3 is 0 Å². The lowest BCUT2D eigenvalue weighted by Gasteiger charge is -1.86. The molecule has 0 aliphatic carbocycles. The molecule has 0 radical (unpaired) electrons. The normalized spacial score (nSPS) is 2.82. The molecule has 0 aromatic heterocycles. The van der Waals surface area contributed by atoms with Crippen molar-refractivity contribution in [1.82, 2.24) is 61.5 Å². The molecule has 110 heavy (non-hydrogen) atoms. The second kappa shape index (κ2) is 4480. The van der Waals surface area contributed by atoms with Crippen molar-refractivity contribution in [2.75, 3.05) is 32.7 Å². The van der Waals surface area contributed by atoms with Crippen molar-refractivity contribution in [3.63, 3.8) is 0 Å². The number of carbonyl (C=O) groups is 10. The lowest BCUT2D eigenvalue weighted by molar-refractivity contribution is -0.0987. The molecule has 0 bridgehead atoms. The van der Waals surface area contributed by atoms with Gasteiger partial charge in [0.05, 0.1) is 0 Å². The molecule has 0 aromatic carbocycles. The maximum Gasteiger partial charge on any atom is 0.106 e. The van der Waals surface area contributed by atoms with Gasteiger partial charge in [-0.1, -0.05) is 433 Å². The Kier molecular flexibility index (Phi) is 49700. The van der Waals surface area contributed by atoms with Crippen molar-refractivity contribution in [1.29, 1.82) is 0 Å². The minimum Gasteiger partial charge on any atom is -0.412 e. The smallest absolute Gasteiger partial charge is 0.106 e.